The van der Waals surface area contributed by atoms with Crippen molar-refractivity contribution in [2.24, 2.45) is 0 Å². The Bertz CT molecular complexity index is 904. The second-order valence-electron chi connectivity index (χ2n) is 5.79. The Kier molecular flexibility index (Phi) is 4.44. The van der Waals surface area contributed by atoms with Crippen molar-refractivity contribution < 1.29 is 0 Å². The summed E-state index contributed by atoms with van der Waals surface area (Å²) in [5.41, 5.74) is 3.33. The van der Waals surface area contributed by atoms with E-state index in [0.29, 0.717) is 6.54 Å². The molecule has 1 heterocycles. The van der Waals surface area contributed by atoms with E-state index in [4.69, 9.17) is 0 Å². The third-order valence-corrected chi connectivity index (χ3v) is 4.60. The summed E-state index contributed by atoms with van der Waals surface area (Å²) in [6.45, 7) is 0.717. The molecule has 0 spiro atoms. The fourth-order valence-corrected chi connectivity index (χ4v) is 3.09. The van der Waals surface area contributed by atoms with E-state index in [1.165, 1.54) is 5.56 Å². The van der Waals surface area contributed by atoms with E-state index >= 15 is 0 Å². The van der Waals surface area contributed by atoms with Crippen LogP contribution < -0.4 is 0 Å². The predicted octanol–water partition coefficient (Wildman–Crippen LogP) is 5.42. The molecule has 0 atom stereocenters. The van der Waals surface area contributed by atoms with Crippen LogP contribution in [-0.4, -0.2) is 14.8 Å². The molecule has 1 aromatic heterocycles. The molecule has 3 aromatic carbocycles. The smallest absolute Gasteiger partial charge is 0.164 e. The first kappa shape index (κ1) is 15.8. The van der Waals surface area contributed by atoms with Crippen molar-refractivity contribution in [1.29, 1.82) is 0 Å². The Morgan fingerprint density at radius 1 is 0.640 bits per heavy atom. The first-order valence-corrected chi connectivity index (χ1v) is 8.89. The molecule has 25 heavy (non-hydrogen) atoms. The molecule has 122 valence electrons. The van der Waals surface area contributed by atoms with Crippen LogP contribution in [0.1, 0.15) is 5.56 Å². The molecule has 0 saturated heterocycles. The van der Waals surface area contributed by atoms with E-state index in [0.717, 1.165) is 27.2 Å². The third kappa shape index (κ3) is 3.39. The van der Waals surface area contributed by atoms with Crippen LogP contribution in [0.25, 0.3) is 22.8 Å². The molecule has 0 bridgehead atoms. The fraction of sp³-hybridized carbons (Fsp3) is 0.0476. The normalized spacial score (nSPS) is 10.8. The molecule has 4 aromatic rings. The van der Waals surface area contributed by atoms with E-state index in [1.807, 2.05) is 36.4 Å². The van der Waals surface area contributed by atoms with Gasteiger partial charge in [0.05, 0.1) is 6.54 Å². The Morgan fingerprint density at radius 3 is 1.60 bits per heavy atom. The number of rotatable bonds is 4. The average Bonchev–Trinajstić information content (AvgIpc) is 3.08. The molecule has 0 aliphatic rings. The highest BCUT2D eigenvalue weighted by molar-refractivity contribution is 9.10. The summed E-state index contributed by atoms with van der Waals surface area (Å²) in [6.07, 6.45) is 0. The summed E-state index contributed by atoms with van der Waals surface area (Å²) < 4.78 is 3.25. The summed E-state index contributed by atoms with van der Waals surface area (Å²) in [5, 5.41) is 8.96. The summed E-state index contributed by atoms with van der Waals surface area (Å²) in [5.74, 6) is 1.75. The van der Waals surface area contributed by atoms with Gasteiger partial charge in [-0.15, -0.1) is 10.2 Å². The highest BCUT2D eigenvalue weighted by Crippen LogP contribution is 2.25. The molecule has 0 aliphatic carbocycles. The van der Waals surface area contributed by atoms with Crippen LogP contribution in [0.5, 0.6) is 0 Å². The highest BCUT2D eigenvalue weighted by atomic mass is 79.9. The number of hydrogen-bond donors (Lipinski definition) is 0. The fourth-order valence-electron chi connectivity index (χ4n) is 2.83. The molecule has 0 saturated carbocycles. The maximum absolute atomic E-state index is 4.48. The second-order valence-corrected chi connectivity index (χ2v) is 6.71. The minimum absolute atomic E-state index is 0.717. The molecule has 0 N–H and O–H groups in total. The average molecular weight is 390 g/mol. The zero-order valence-electron chi connectivity index (χ0n) is 13.5. The lowest BCUT2D eigenvalue weighted by Gasteiger charge is -2.11. The molecule has 0 aliphatic heterocycles. The maximum atomic E-state index is 4.48. The molecule has 4 heteroatoms. The van der Waals surface area contributed by atoms with Gasteiger partial charge in [-0.2, -0.15) is 0 Å². The number of benzene rings is 3. The van der Waals surface area contributed by atoms with Gasteiger partial charge in [-0.25, -0.2) is 0 Å². The molecule has 0 unspecified atom stereocenters. The molecule has 4 rings (SSSR count). The molecular weight excluding hydrogens is 374 g/mol. The van der Waals surface area contributed by atoms with Crippen LogP contribution in [0.3, 0.4) is 0 Å². The number of halogens is 1. The minimum Gasteiger partial charge on any atom is -0.303 e. The van der Waals surface area contributed by atoms with Crippen LogP contribution >= 0.6 is 15.9 Å². The quantitative estimate of drug-likeness (QED) is 0.466. The molecule has 0 fully saturated rings. The lowest BCUT2D eigenvalue weighted by atomic mass is 10.1. The standard InChI is InChI=1S/C21H16BrN3/c22-19-13-11-16(12-14-19)15-25-20(17-7-3-1-4-8-17)23-24-21(25)18-9-5-2-6-10-18/h1-14H,15H2. The third-order valence-electron chi connectivity index (χ3n) is 4.07. The van der Waals surface area contributed by atoms with Crippen molar-refractivity contribution in [2.75, 3.05) is 0 Å². The first-order valence-electron chi connectivity index (χ1n) is 8.10. The van der Waals surface area contributed by atoms with E-state index < -0.39 is 0 Å². The van der Waals surface area contributed by atoms with E-state index in [2.05, 4.69) is 79.2 Å². The van der Waals surface area contributed by atoms with Gasteiger partial charge in [0.1, 0.15) is 0 Å². The number of nitrogens with zero attached hydrogens (tertiary/aromatic N) is 3. The van der Waals surface area contributed by atoms with Crippen molar-refractivity contribution in [3.8, 4) is 22.8 Å². The molecular formula is C21H16BrN3. The Morgan fingerprint density at radius 2 is 1.12 bits per heavy atom. The summed E-state index contributed by atoms with van der Waals surface area (Å²) >= 11 is 3.49. The largest absolute Gasteiger partial charge is 0.303 e. The maximum Gasteiger partial charge on any atom is 0.164 e. The Labute approximate surface area is 155 Å². The first-order chi connectivity index (χ1) is 12.3. The minimum atomic E-state index is 0.717. The van der Waals surface area contributed by atoms with Gasteiger partial charge in [-0.3, -0.25) is 0 Å². The lowest BCUT2D eigenvalue weighted by molar-refractivity contribution is 0.811. The van der Waals surface area contributed by atoms with Gasteiger partial charge in [0.25, 0.3) is 0 Å². The SMILES string of the molecule is Brc1ccc(Cn2c(-c3ccccc3)nnc2-c2ccccc2)cc1. The van der Waals surface area contributed by atoms with Crippen LogP contribution in [0.2, 0.25) is 0 Å². The van der Waals surface area contributed by atoms with Gasteiger partial charge in [0.2, 0.25) is 0 Å². The van der Waals surface area contributed by atoms with E-state index in [-0.39, 0.29) is 0 Å². The van der Waals surface area contributed by atoms with Crippen molar-refractivity contribution in [1.82, 2.24) is 14.8 Å². The van der Waals surface area contributed by atoms with Crippen molar-refractivity contribution >= 4 is 15.9 Å². The Balaban J connectivity index is 1.83. The molecule has 0 amide bonds. The van der Waals surface area contributed by atoms with Crippen molar-refractivity contribution in [2.45, 2.75) is 6.54 Å². The van der Waals surface area contributed by atoms with Crippen LogP contribution in [0.15, 0.2) is 89.4 Å². The highest BCUT2D eigenvalue weighted by Gasteiger charge is 2.15. The summed E-state index contributed by atoms with van der Waals surface area (Å²) in [7, 11) is 0. The van der Waals surface area contributed by atoms with Gasteiger partial charge < -0.3 is 4.57 Å². The monoisotopic (exact) mass is 389 g/mol. The molecule has 0 radical (unpaired) electrons. The zero-order chi connectivity index (χ0) is 17.1. The van der Waals surface area contributed by atoms with Crippen molar-refractivity contribution in [3.63, 3.8) is 0 Å². The van der Waals surface area contributed by atoms with Crippen LogP contribution in [0.4, 0.5) is 0 Å². The summed E-state index contributed by atoms with van der Waals surface area (Å²) in [6, 6.07) is 28.7. The van der Waals surface area contributed by atoms with E-state index in [1.54, 1.807) is 0 Å². The van der Waals surface area contributed by atoms with Gasteiger partial charge in [0, 0.05) is 15.6 Å². The summed E-state index contributed by atoms with van der Waals surface area (Å²) in [4.78, 5) is 0. The topological polar surface area (TPSA) is 30.7 Å². The van der Waals surface area contributed by atoms with Gasteiger partial charge in [-0.1, -0.05) is 88.7 Å². The van der Waals surface area contributed by atoms with Crippen molar-refractivity contribution in [3.05, 3.63) is 95.0 Å². The van der Waals surface area contributed by atoms with Crippen LogP contribution in [-0.2, 0) is 6.54 Å². The number of hydrogen-bond acceptors (Lipinski definition) is 2. The van der Waals surface area contributed by atoms with Gasteiger partial charge in [0.15, 0.2) is 11.6 Å². The molecule has 3 nitrogen and oxygen atoms in total. The van der Waals surface area contributed by atoms with Gasteiger partial charge in [-0.05, 0) is 17.7 Å². The Hall–Kier alpha value is -2.72. The lowest BCUT2D eigenvalue weighted by Crippen LogP contribution is -2.04. The van der Waals surface area contributed by atoms with E-state index in [9.17, 15) is 0 Å². The second kappa shape index (κ2) is 7.03. The van der Waals surface area contributed by atoms with Gasteiger partial charge >= 0.3 is 0 Å². The predicted molar refractivity (Wildman–Crippen MR) is 104 cm³/mol. The number of aromatic nitrogens is 3. The zero-order valence-corrected chi connectivity index (χ0v) is 15.1. The van der Waals surface area contributed by atoms with Crippen LogP contribution in [0, 0.1) is 0 Å².